The van der Waals surface area contributed by atoms with Gasteiger partial charge in [0.2, 0.25) is 0 Å². The average molecular weight is 357 g/mol. The van der Waals surface area contributed by atoms with Crippen LogP contribution in [-0.4, -0.2) is 98.1 Å². The van der Waals surface area contributed by atoms with Crippen LogP contribution in [-0.2, 0) is 0 Å². The smallest absolute Gasteiger partial charge is 0.0195 e. The molecule has 0 spiro atoms. The monoisotopic (exact) mass is 356 g/mol. The molecule has 0 amide bonds. The van der Waals surface area contributed by atoms with Crippen molar-refractivity contribution in [1.29, 1.82) is 0 Å². The van der Waals surface area contributed by atoms with Crippen LogP contribution >= 0.6 is 0 Å². The Balaban J connectivity index is 0.000000421. The van der Waals surface area contributed by atoms with Crippen molar-refractivity contribution in [1.82, 2.24) is 19.6 Å². The first-order valence-corrected chi connectivity index (χ1v) is 10.8. The van der Waals surface area contributed by atoms with Gasteiger partial charge in [-0.05, 0) is 53.9 Å². The van der Waals surface area contributed by atoms with Gasteiger partial charge in [0.05, 0.1) is 0 Å². The molecule has 2 fully saturated rings. The van der Waals surface area contributed by atoms with Crippen LogP contribution in [0.5, 0.6) is 0 Å². The van der Waals surface area contributed by atoms with E-state index in [9.17, 15) is 0 Å². The minimum absolute atomic E-state index is 0.758. The Morgan fingerprint density at radius 2 is 1.12 bits per heavy atom. The Morgan fingerprint density at radius 3 is 1.48 bits per heavy atom. The summed E-state index contributed by atoms with van der Waals surface area (Å²) < 4.78 is 0. The Bertz CT molecular complexity index is 296. The summed E-state index contributed by atoms with van der Waals surface area (Å²) in [6.45, 7) is 23.2. The molecule has 0 aromatic carbocycles. The molecule has 2 unspecified atom stereocenters. The van der Waals surface area contributed by atoms with E-state index in [1.165, 1.54) is 71.6 Å². The number of likely N-dealkylation sites (N-methyl/N-ethyl adjacent to an activating group) is 2. The molecule has 0 radical (unpaired) electrons. The number of hydrogen-bond donors (Lipinski definition) is 0. The summed E-state index contributed by atoms with van der Waals surface area (Å²) in [4.78, 5) is 10.0. The highest BCUT2D eigenvalue weighted by Gasteiger charge is 2.20. The number of unbranched alkanes of at least 4 members (excludes halogenated alkanes) is 1. The average Bonchev–Trinajstić information content (AvgIpc) is 2.59. The third-order valence-corrected chi connectivity index (χ3v) is 5.25. The van der Waals surface area contributed by atoms with Crippen LogP contribution in [0, 0.1) is 0 Å². The van der Waals surface area contributed by atoms with Crippen LogP contribution in [0.25, 0.3) is 0 Å². The fourth-order valence-corrected chi connectivity index (χ4v) is 3.67. The molecule has 152 valence electrons. The summed E-state index contributed by atoms with van der Waals surface area (Å²) in [6.07, 6.45) is 3.96. The molecule has 0 aromatic rings. The fourth-order valence-electron chi connectivity index (χ4n) is 3.67. The zero-order chi connectivity index (χ0) is 19.2. The van der Waals surface area contributed by atoms with Gasteiger partial charge in [-0.3, -0.25) is 9.80 Å². The van der Waals surface area contributed by atoms with E-state index in [4.69, 9.17) is 0 Å². The summed E-state index contributed by atoms with van der Waals surface area (Å²) in [5, 5.41) is 0. The van der Waals surface area contributed by atoms with E-state index in [-0.39, 0.29) is 0 Å². The Hall–Kier alpha value is -0.160. The molecule has 2 rings (SSSR count). The predicted molar refractivity (Wildman–Crippen MR) is 114 cm³/mol. The molecule has 2 atom stereocenters. The van der Waals surface area contributed by atoms with E-state index in [1.807, 2.05) is 13.8 Å². The number of piperazine rings is 2. The SMILES string of the molecule is CC.CCCCN1CCN(C)CC1C.CCCN1CCN(C)CC1C. The molecule has 0 N–H and O–H groups in total. The van der Waals surface area contributed by atoms with Gasteiger partial charge >= 0.3 is 0 Å². The van der Waals surface area contributed by atoms with Gasteiger partial charge in [-0.15, -0.1) is 0 Å². The van der Waals surface area contributed by atoms with Gasteiger partial charge in [0.15, 0.2) is 0 Å². The fraction of sp³-hybridized carbons (Fsp3) is 1.00. The van der Waals surface area contributed by atoms with Crippen molar-refractivity contribution < 1.29 is 0 Å². The quantitative estimate of drug-likeness (QED) is 0.747. The molecule has 0 saturated carbocycles. The summed E-state index contributed by atoms with van der Waals surface area (Å²) in [5.74, 6) is 0. The van der Waals surface area contributed by atoms with Crippen LogP contribution in [0.4, 0.5) is 0 Å². The minimum Gasteiger partial charge on any atom is -0.304 e. The summed E-state index contributed by atoms with van der Waals surface area (Å²) in [7, 11) is 4.42. The summed E-state index contributed by atoms with van der Waals surface area (Å²) in [5.41, 5.74) is 0. The van der Waals surface area contributed by atoms with Crippen molar-refractivity contribution in [3.63, 3.8) is 0 Å². The number of hydrogen-bond acceptors (Lipinski definition) is 4. The van der Waals surface area contributed by atoms with Crippen LogP contribution in [0.3, 0.4) is 0 Å². The molecular weight excluding hydrogens is 308 g/mol. The van der Waals surface area contributed by atoms with E-state index in [0.29, 0.717) is 0 Å². The van der Waals surface area contributed by atoms with Crippen molar-refractivity contribution in [3.8, 4) is 0 Å². The molecule has 2 saturated heterocycles. The van der Waals surface area contributed by atoms with E-state index in [2.05, 4.69) is 61.4 Å². The molecule has 2 heterocycles. The molecule has 0 aliphatic carbocycles. The van der Waals surface area contributed by atoms with E-state index >= 15 is 0 Å². The van der Waals surface area contributed by atoms with Crippen LogP contribution in [0.1, 0.15) is 60.8 Å². The van der Waals surface area contributed by atoms with Crippen LogP contribution in [0.15, 0.2) is 0 Å². The first kappa shape index (κ1) is 24.8. The minimum atomic E-state index is 0.758. The molecular formula is C21H48N4. The lowest BCUT2D eigenvalue weighted by Crippen LogP contribution is -2.50. The number of rotatable bonds is 5. The van der Waals surface area contributed by atoms with Crippen molar-refractivity contribution in [2.24, 2.45) is 0 Å². The normalized spacial score (nSPS) is 26.4. The zero-order valence-corrected chi connectivity index (χ0v) is 18.7. The molecule has 0 aromatic heterocycles. The lowest BCUT2D eigenvalue weighted by Gasteiger charge is -2.38. The zero-order valence-electron chi connectivity index (χ0n) is 18.7. The van der Waals surface area contributed by atoms with Gasteiger partial charge in [0.1, 0.15) is 0 Å². The molecule has 2 aliphatic rings. The third-order valence-electron chi connectivity index (χ3n) is 5.25. The van der Waals surface area contributed by atoms with Gasteiger partial charge in [0.25, 0.3) is 0 Å². The predicted octanol–water partition coefficient (Wildman–Crippen LogP) is 3.48. The molecule has 4 heteroatoms. The second-order valence-corrected chi connectivity index (χ2v) is 7.65. The Morgan fingerprint density at radius 1 is 0.680 bits per heavy atom. The van der Waals surface area contributed by atoms with E-state index in [1.54, 1.807) is 0 Å². The maximum Gasteiger partial charge on any atom is 0.0195 e. The molecule has 0 bridgehead atoms. The Labute approximate surface area is 159 Å². The lowest BCUT2D eigenvalue weighted by atomic mass is 10.2. The number of nitrogens with zero attached hydrogens (tertiary/aromatic N) is 4. The second-order valence-electron chi connectivity index (χ2n) is 7.65. The maximum absolute atomic E-state index is 2.61. The van der Waals surface area contributed by atoms with Crippen molar-refractivity contribution in [2.45, 2.75) is 72.9 Å². The van der Waals surface area contributed by atoms with E-state index < -0.39 is 0 Å². The van der Waals surface area contributed by atoms with Crippen LogP contribution in [0.2, 0.25) is 0 Å². The first-order valence-electron chi connectivity index (χ1n) is 10.8. The van der Waals surface area contributed by atoms with E-state index in [0.717, 1.165) is 12.1 Å². The largest absolute Gasteiger partial charge is 0.304 e. The van der Waals surface area contributed by atoms with Crippen molar-refractivity contribution >= 4 is 0 Å². The van der Waals surface area contributed by atoms with Crippen molar-refractivity contribution in [3.05, 3.63) is 0 Å². The van der Waals surface area contributed by atoms with Gasteiger partial charge in [0, 0.05) is 51.4 Å². The molecule has 2 aliphatic heterocycles. The Kier molecular flexibility index (Phi) is 14.9. The topological polar surface area (TPSA) is 13.0 Å². The lowest BCUT2D eigenvalue weighted by molar-refractivity contribution is 0.0990. The molecule has 4 nitrogen and oxygen atoms in total. The van der Waals surface area contributed by atoms with Gasteiger partial charge in [-0.2, -0.15) is 0 Å². The van der Waals surface area contributed by atoms with Crippen molar-refractivity contribution in [2.75, 3.05) is 66.5 Å². The standard InChI is InChI=1S/C10H22N2.C9H20N2.C2H6/c1-4-5-6-12-8-7-11(3)9-10(12)2;1-4-5-11-7-6-10(3)8-9(11)2;1-2/h10H,4-9H2,1-3H3;9H,4-8H2,1-3H3;1-2H3. The summed E-state index contributed by atoms with van der Waals surface area (Å²) in [6, 6.07) is 1.52. The maximum atomic E-state index is 2.61. The highest BCUT2D eigenvalue weighted by Crippen LogP contribution is 2.09. The van der Waals surface area contributed by atoms with Crippen LogP contribution < -0.4 is 0 Å². The highest BCUT2D eigenvalue weighted by atomic mass is 15.3. The van der Waals surface area contributed by atoms with Gasteiger partial charge < -0.3 is 9.80 Å². The second kappa shape index (κ2) is 15.0. The molecule has 25 heavy (non-hydrogen) atoms. The first-order chi connectivity index (χ1) is 12.0. The van der Waals surface area contributed by atoms with Gasteiger partial charge in [-0.1, -0.05) is 34.1 Å². The highest BCUT2D eigenvalue weighted by molar-refractivity contribution is 4.77. The van der Waals surface area contributed by atoms with Gasteiger partial charge in [-0.25, -0.2) is 0 Å². The third kappa shape index (κ3) is 10.5. The summed E-state index contributed by atoms with van der Waals surface area (Å²) >= 11 is 0.